The molecule has 6 heteroatoms. The predicted molar refractivity (Wildman–Crippen MR) is 95.8 cm³/mol. The topological polar surface area (TPSA) is 75.2 Å². The van der Waals surface area contributed by atoms with Gasteiger partial charge in [-0.2, -0.15) is 0 Å². The first-order valence-corrected chi connectivity index (χ1v) is 8.51. The summed E-state index contributed by atoms with van der Waals surface area (Å²) in [6.07, 6.45) is 2.33. The largest absolute Gasteiger partial charge is 0.346 e. The second-order valence-electron chi connectivity index (χ2n) is 6.31. The summed E-state index contributed by atoms with van der Waals surface area (Å²) in [5, 5.41) is 2.88. The smallest absolute Gasteiger partial charge is 0.251 e. The maximum atomic E-state index is 12.3. The average Bonchev–Trinajstić information content (AvgIpc) is 3.14. The quantitative estimate of drug-likeness (QED) is 0.848. The standard InChI is InChI=1S/C19H22N4O2/c1-13-11-17(22-19(21-13)23-9-3-4-10-23)12-20-18(25)16-7-5-15(6-8-16)14(2)24/h5-8,11H,3-4,9-10,12H2,1-2H3,(H,20,25). The zero-order valence-corrected chi connectivity index (χ0v) is 14.6. The molecule has 1 aliphatic rings. The van der Waals surface area contributed by atoms with Crippen molar-refractivity contribution < 1.29 is 9.59 Å². The number of rotatable bonds is 5. The molecule has 2 heterocycles. The van der Waals surface area contributed by atoms with E-state index < -0.39 is 0 Å². The molecule has 1 amide bonds. The zero-order valence-electron chi connectivity index (χ0n) is 14.6. The number of carbonyl (C=O) groups excluding carboxylic acids is 2. The van der Waals surface area contributed by atoms with Crippen LogP contribution in [0.25, 0.3) is 0 Å². The van der Waals surface area contributed by atoms with Crippen LogP contribution in [-0.4, -0.2) is 34.7 Å². The summed E-state index contributed by atoms with van der Waals surface area (Å²) in [5.74, 6) is 0.541. The van der Waals surface area contributed by atoms with Gasteiger partial charge in [-0.3, -0.25) is 9.59 Å². The van der Waals surface area contributed by atoms with Crippen molar-refractivity contribution in [1.29, 1.82) is 0 Å². The number of Topliss-reactive ketones (excluding diaryl/α,β-unsaturated/α-hetero) is 1. The predicted octanol–water partition coefficient (Wildman–Crippen LogP) is 2.52. The zero-order chi connectivity index (χ0) is 17.8. The number of aryl methyl sites for hydroxylation is 1. The van der Waals surface area contributed by atoms with Gasteiger partial charge in [-0.15, -0.1) is 0 Å². The van der Waals surface area contributed by atoms with Crippen LogP contribution in [0.15, 0.2) is 30.3 Å². The molecule has 130 valence electrons. The van der Waals surface area contributed by atoms with Crippen molar-refractivity contribution in [3.05, 3.63) is 52.8 Å². The Kier molecular flexibility index (Phi) is 5.07. The van der Waals surface area contributed by atoms with Gasteiger partial charge in [0.2, 0.25) is 5.95 Å². The third-order valence-electron chi connectivity index (χ3n) is 4.27. The molecule has 1 saturated heterocycles. The van der Waals surface area contributed by atoms with Gasteiger partial charge >= 0.3 is 0 Å². The van der Waals surface area contributed by atoms with E-state index in [1.54, 1.807) is 24.3 Å². The van der Waals surface area contributed by atoms with Crippen LogP contribution >= 0.6 is 0 Å². The van der Waals surface area contributed by atoms with Crippen molar-refractivity contribution in [2.45, 2.75) is 33.2 Å². The molecule has 0 unspecified atom stereocenters. The number of carbonyl (C=O) groups is 2. The summed E-state index contributed by atoms with van der Waals surface area (Å²) in [6, 6.07) is 8.54. The molecule has 3 rings (SSSR count). The number of hydrogen-bond donors (Lipinski definition) is 1. The Labute approximate surface area is 147 Å². The van der Waals surface area contributed by atoms with Gasteiger partial charge < -0.3 is 10.2 Å². The fourth-order valence-electron chi connectivity index (χ4n) is 2.90. The molecular weight excluding hydrogens is 316 g/mol. The number of hydrogen-bond acceptors (Lipinski definition) is 5. The van der Waals surface area contributed by atoms with Crippen LogP contribution in [0, 0.1) is 6.92 Å². The monoisotopic (exact) mass is 338 g/mol. The normalized spacial score (nSPS) is 13.8. The first-order chi connectivity index (χ1) is 12.0. The minimum atomic E-state index is -0.186. The van der Waals surface area contributed by atoms with Gasteiger partial charge in [-0.1, -0.05) is 12.1 Å². The fourth-order valence-corrected chi connectivity index (χ4v) is 2.90. The van der Waals surface area contributed by atoms with E-state index in [4.69, 9.17) is 0 Å². The van der Waals surface area contributed by atoms with Gasteiger partial charge in [0.15, 0.2) is 5.78 Å². The van der Waals surface area contributed by atoms with Crippen LogP contribution in [0.3, 0.4) is 0 Å². The van der Waals surface area contributed by atoms with E-state index in [1.165, 1.54) is 19.8 Å². The summed E-state index contributed by atoms with van der Waals surface area (Å²) in [4.78, 5) is 34.8. The molecule has 1 aromatic heterocycles. The average molecular weight is 338 g/mol. The third kappa shape index (κ3) is 4.21. The van der Waals surface area contributed by atoms with E-state index in [9.17, 15) is 9.59 Å². The highest BCUT2D eigenvalue weighted by Gasteiger charge is 2.16. The van der Waals surface area contributed by atoms with E-state index in [0.29, 0.717) is 17.7 Å². The first kappa shape index (κ1) is 17.1. The number of amides is 1. The van der Waals surface area contributed by atoms with Crippen LogP contribution in [0.5, 0.6) is 0 Å². The minimum Gasteiger partial charge on any atom is -0.346 e. The Hall–Kier alpha value is -2.76. The molecule has 1 aromatic carbocycles. The van der Waals surface area contributed by atoms with Gasteiger partial charge in [0.25, 0.3) is 5.91 Å². The highest BCUT2D eigenvalue weighted by molar-refractivity contribution is 5.97. The van der Waals surface area contributed by atoms with Gasteiger partial charge in [-0.05, 0) is 44.9 Å². The van der Waals surface area contributed by atoms with E-state index in [0.717, 1.165) is 30.4 Å². The highest BCUT2D eigenvalue weighted by atomic mass is 16.1. The lowest BCUT2D eigenvalue weighted by molar-refractivity contribution is 0.0948. The molecular formula is C19H22N4O2. The van der Waals surface area contributed by atoms with Crippen molar-refractivity contribution in [2.24, 2.45) is 0 Å². The molecule has 0 bridgehead atoms. The molecule has 25 heavy (non-hydrogen) atoms. The van der Waals surface area contributed by atoms with E-state index in [-0.39, 0.29) is 11.7 Å². The molecule has 0 atom stereocenters. The Morgan fingerprint density at radius 1 is 1.08 bits per heavy atom. The van der Waals surface area contributed by atoms with Gasteiger partial charge in [0, 0.05) is 29.9 Å². The minimum absolute atomic E-state index is 0.0159. The van der Waals surface area contributed by atoms with E-state index in [2.05, 4.69) is 20.2 Å². The second-order valence-corrected chi connectivity index (χ2v) is 6.31. The van der Waals surface area contributed by atoms with Crippen LogP contribution < -0.4 is 10.2 Å². The van der Waals surface area contributed by atoms with Gasteiger partial charge in [0.05, 0.1) is 12.2 Å². The lowest BCUT2D eigenvalue weighted by Crippen LogP contribution is -2.25. The molecule has 0 radical (unpaired) electrons. The van der Waals surface area contributed by atoms with Crippen LogP contribution in [0.2, 0.25) is 0 Å². The summed E-state index contributed by atoms with van der Waals surface area (Å²) in [6.45, 7) is 5.75. The van der Waals surface area contributed by atoms with Gasteiger partial charge in [0.1, 0.15) is 0 Å². The SMILES string of the molecule is CC(=O)c1ccc(C(=O)NCc2cc(C)nc(N3CCCC3)n2)cc1. The molecule has 0 spiro atoms. The first-order valence-electron chi connectivity index (χ1n) is 8.51. The lowest BCUT2D eigenvalue weighted by atomic mass is 10.1. The molecule has 0 saturated carbocycles. The maximum absolute atomic E-state index is 12.3. The van der Waals surface area contributed by atoms with Crippen LogP contribution in [-0.2, 0) is 6.54 Å². The van der Waals surface area contributed by atoms with Crippen LogP contribution in [0.1, 0.15) is 51.9 Å². The highest BCUT2D eigenvalue weighted by Crippen LogP contribution is 2.16. The Bertz CT molecular complexity index is 781. The third-order valence-corrected chi connectivity index (χ3v) is 4.27. The number of nitrogens with zero attached hydrogens (tertiary/aromatic N) is 3. The van der Waals surface area contributed by atoms with Crippen molar-refractivity contribution in [1.82, 2.24) is 15.3 Å². The summed E-state index contributed by atoms with van der Waals surface area (Å²) >= 11 is 0. The number of anilines is 1. The fraction of sp³-hybridized carbons (Fsp3) is 0.368. The van der Waals surface area contributed by atoms with Crippen molar-refractivity contribution in [2.75, 3.05) is 18.0 Å². The van der Waals surface area contributed by atoms with Crippen molar-refractivity contribution in [3.8, 4) is 0 Å². The Balaban J connectivity index is 1.66. The van der Waals surface area contributed by atoms with Crippen molar-refractivity contribution in [3.63, 3.8) is 0 Å². The molecule has 1 aliphatic heterocycles. The molecule has 1 fully saturated rings. The molecule has 1 N–H and O–H groups in total. The lowest BCUT2D eigenvalue weighted by Gasteiger charge is -2.16. The van der Waals surface area contributed by atoms with E-state index in [1.807, 2.05) is 13.0 Å². The number of nitrogens with one attached hydrogen (secondary N) is 1. The van der Waals surface area contributed by atoms with E-state index >= 15 is 0 Å². The van der Waals surface area contributed by atoms with Crippen LogP contribution in [0.4, 0.5) is 5.95 Å². The summed E-state index contributed by atoms with van der Waals surface area (Å²) in [7, 11) is 0. The summed E-state index contributed by atoms with van der Waals surface area (Å²) < 4.78 is 0. The number of aromatic nitrogens is 2. The molecule has 6 nitrogen and oxygen atoms in total. The maximum Gasteiger partial charge on any atom is 0.251 e. The van der Waals surface area contributed by atoms with Crippen molar-refractivity contribution >= 4 is 17.6 Å². The summed E-state index contributed by atoms with van der Waals surface area (Å²) in [5.41, 5.74) is 2.81. The van der Waals surface area contributed by atoms with Gasteiger partial charge in [-0.25, -0.2) is 9.97 Å². The molecule has 0 aliphatic carbocycles. The number of benzene rings is 1. The number of ketones is 1. The molecule has 2 aromatic rings. The second kappa shape index (κ2) is 7.42. The Morgan fingerprint density at radius 2 is 1.72 bits per heavy atom. The Morgan fingerprint density at radius 3 is 2.36 bits per heavy atom.